The molecule has 1 aliphatic carbocycles. The number of nitrogens with one attached hydrogen (secondary N) is 1. The van der Waals surface area contributed by atoms with E-state index >= 15 is 0 Å². The van der Waals surface area contributed by atoms with E-state index in [9.17, 15) is 4.79 Å². The Bertz CT molecular complexity index is 556. The van der Waals surface area contributed by atoms with Gasteiger partial charge < -0.3 is 16.0 Å². The topological polar surface area (TPSA) is 58.4 Å². The van der Waals surface area contributed by atoms with E-state index in [1.54, 1.807) is 4.90 Å². The fourth-order valence-electron chi connectivity index (χ4n) is 3.37. The molecular formula is C15H19Cl2N3O. The number of primary amides is 1. The van der Waals surface area contributed by atoms with Crippen LogP contribution in [0.2, 0.25) is 10.0 Å². The number of fused-ring (bicyclic) bond motifs is 1. The number of benzene rings is 1. The second-order valence-corrected chi connectivity index (χ2v) is 6.66. The van der Waals surface area contributed by atoms with Crippen molar-refractivity contribution in [3.63, 3.8) is 0 Å². The van der Waals surface area contributed by atoms with Gasteiger partial charge in [0, 0.05) is 35.2 Å². The molecule has 1 saturated heterocycles. The molecule has 6 heteroatoms. The molecule has 1 aromatic carbocycles. The summed E-state index contributed by atoms with van der Waals surface area (Å²) in [5.74, 6) is 0. The van der Waals surface area contributed by atoms with Crippen LogP contribution >= 0.6 is 23.2 Å². The number of halogens is 2. The first-order chi connectivity index (χ1) is 10.0. The number of hydrogen-bond donors (Lipinski definition) is 2. The maximum Gasteiger partial charge on any atom is 0.314 e. The van der Waals surface area contributed by atoms with Gasteiger partial charge in [-0.25, -0.2) is 4.79 Å². The molecule has 0 spiro atoms. The fourth-order valence-corrected chi connectivity index (χ4v) is 3.97. The SMILES string of the molecule is NC(=O)N1CCC(NC2CCc3c(Cl)cc(Cl)cc32)CC1. The zero-order valence-corrected chi connectivity index (χ0v) is 13.3. The number of hydrogen-bond acceptors (Lipinski definition) is 2. The van der Waals surface area contributed by atoms with Crippen LogP contribution in [-0.4, -0.2) is 30.1 Å². The lowest BCUT2D eigenvalue weighted by Crippen LogP contribution is -2.47. The van der Waals surface area contributed by atoms with E-state index in [0.29, 0.717) is 17.1 Å². The molecule has 3 N–H and O–H groups in total. The van der Waals surface area contributed by atoms with Crippen LogP contribution in [0.3, 0.4) is 0 Å². The maximum absolute atomic E-state index is 11.1. The van der Waals surface area contributed by atoms with Crippen LogP contribution in [0.15, 0.2) is 12.1 Å². The van der Waals surface area contributed by atoms with Crippen molar-refractivity contribution in [1.82, 2.24) is 10.2 Å². The predicted molar refractivity (Wildman–Crippen MR) is 84.8 cm³/mol. The first-order valence-corrected chi connectivity index (χ1v) is 8.08. The third kappa shape index (κ3) is 3.12. The average molecular weight is 328 g/mol. The Morgan fingerprint density at radius 2 is 1.95 bits per heavy atom. The van der Waals surface area contributed by atoms with Crippen LogP contribution in [0.4, 0.5) is 4.79 Å². The van der Waals surface area contributed by atoms with Crippen LogP contribution in [0.1, 0.15) is 36.4 Å². The number of carbonyl (C=O) groups is 1. The van der Waals surface area contributed by atoms with Gasteiger partial charge in [0.25, 0.3) is 0 Å². The van der Waals surface area contributed by atoms with Gasteiger partial charge >= 0.3 is 6.03 Å². The molecular weight excluding hydrogens is 309 g/mol. The molecule has 0 saturated carbocycles. The van der Waals surface area contributed by atoms with E-state index in [4.69, 9.17) is 28.9 Å². The lowest BCUT2D eigenvalue weighted by atomic mass is 10.0. The molecule has 1 aromatic rings. The Balaban J connectivity index is 1.65. The quantitative estimate of drug-likeness (QED) is 0.876. The summed E-state index contributed by atoms with van der Waals surface area (Å²) in [4.78, 5) is 12.8. The number of carbonyl (C=O) groups excluding carboxylic acids is 1. The monoisotopic (exact) mass is 327 g/mol. The summed E-state index contributed by atoms with van der Waals surface area (Å²) in [6.45, 7) is 1.45. The highest BCUT2D eigenvalue weighted by Gasteiger charge is 2.29. The first kappa shape index (κ1) is 14.9. The van der Waals surface area contributed by atoms with Gasteiger partial charge in [-0.2, -0.15) is 0 Å². The van der Waals surface area contributed by atoms with Gasteiger partial charge in [0.2, 0.25) is 0 Å². The normalized spacial score (nSPS) is 22.4. The molecule has 1 heterocycles. The zero-order valence-electron chi connectivity index (χ0n) is 11.7. The molecule has 114 valence electrons. The van der Waals surface area contributed by atoms with Crippen molar-refractivity contribution < 1.29 is 4.79 Å². The Hall–Kier alpha value is -0.970. The highest BCUT2D eigenvalue weighted by Crippen LogP contribution is 2.38. The molecule has 21 heavy (non-hydrogen) atoms. The molecule has 2 amide bonds. The van der Waals surface area contributed by atoms with E-state index in [2.05, 4.69) is 5.32 Å². The summed E-state index contributed by atoms with van der Waals surface area (Å²) in [6.07, 6.45) is 3.90. The molecule has 0 bridgehead atoms. The van der Waals surface area contributed by atoms with Crippen molar-refractivity contribution in [2.75, 3.05) is 13.1 Å². The third-order valence-corrected chi connectivity index (χ3v) is 5.05. The zero-order chi connectivity index (χ0) is 15.0. The second kappa shape index (κ2) is 6.03. The molecule has 3 rings (SSSR count). The minimum atomic E-state index is -0.321. The fraction of sp³-hybridized carbons (Fsp3) is 0.533. The number of nitrogens with two attached hydrogens (primary N) is 1. The Labute approximate surface area is 134 Å². The van der Waals surface area contributed by atoms with Crippen molar-refractivity contribution in [2.24, 2.45) is 5.73 Å². The Morgan fingerprint density at radius 1 is 1.24 bits per heavy atom. The molecule has 4 nitrogen and oxygen atoms in total. The predicted octanol–water partition coefficient (Wildman–Crippen LogP) is 3.11. The molecule has 1 unspecified atom stereocenters. The standard InChI is InChI=1S/C15H19Cl2N3O/c16-9-7-12-11(13(17)8-9)1-2-14(12)19-10-3-5-20(6-4-10)15(18)21/h7-8,10,14,19H,1-6H2,(H2,18,21). The Morgan fingerprint density at radius 3 is 2.62 bits per heavy atom. The maximum atomic E-state index is 11.1. The summed E-state index contributed by atoms with van der Waals surface area (Å²) >= 11 is 12.4. The van der Waals surface area contributed by atoms with Gasteiger partial charge in [0.05, 0.1) is 0 Å². The van der Waals surface area contributed by atoms with E-state index in [1.165, 1.54) is 11.1 Å². The minimum absolute atomic E-state index is 0.307. The van der Waals surface area contributed by atoms with Crippen LogP contribution in [-0.2, 0) is 6.42 Å². The first-order valence-electron chi connectivity index (χ1n) is 7.33. The number of rotatable bonds is 2. The lowest BCUT2D eigenvalue weighted by molar-refractivity contribution is 0.182. The van der Waals surface area contributed by atoms with Crippen molar-refractivity contribution in [3.05, 3.63) is 33.3 Å². The van der Waals surface area contributed by atoms with E-state index in [0.717, 1.165) is 43.8 Å². The summed E-state index contributed by atoms with van der Waals surface area (Å²) in [5, 5.41) is 5.15. The number of urea groups is 1. The van der Waals surface area contributed by atoms with Gasteiger partial charge in [0.15, 0.2) is 0 Å². The summed E-state index contributed by atoms with van der Waals surface area (Å²) < 4.78 is 0. The van der Waals surface area contributed by atoms with Crippen LogP contribution in [0, 0.1) is 0 Å². The van der Waals surface area contributed by atoms with Crippen molar-refractivity contribution in [2.45, 2.75) is 37.8 Å². The van der Waals surface area contributed by atoms with E-state index in [-0.39, 0.29) is 6.03 Å². The second-order valence-electron chi connectivity index (χ2n) is 5.81. The highest BCUT2D eigenvalue weighted by atomic mass is 35.5. The van der Waals surface area contributed by atoms with Gasteiger partial charge in [0.1, 0.15) is 0 Å². The van der Waals surface area contributed by atoms with Crippen LogP contribution < -0.4 is 11.1 Å². The van der Waals surface area contributed by atoms with Crippen molar-refractivity contribution >= 4 is 29.2 Å². The highest BCUT2D eigenvalue weighted by molar-refractivity contribution is 6.35. The summed E-state index contributed by atoms with van der Waals surface area (Å²) in [6, 6.07) is 4.23. The van der Waals surface area contributed by atoms with E-state index in [1.807, 2.05) is 12.1 Å². The Kier molecular flexibility index (Phi) is 4.29. The summed E-state index contributed by atoms with van der Waals surface area (Å²) in [5.41, 5.74) is 7.75. The van der Waals surface area contributed by atoms with Gasteiger partial charge in [-0.1, -0.05) is 23.2 Å². The number of nitrogens with zero attached hydrogens (tertiary/aromatic N) is 1. The number of likely N-dealkylation sites (tertiary alicyclic amines) is 1. The van der Waals surface area contributed by atoms with Gasteiger partial charge in [-0.05, 0) is 48.9 Å². The average Bonchev–Trinajstić information content (AvgIpc) is 2.83. The smallest absolute Gasteiger partial charge is 0.314 e. The van der Waals surface area contributed by atoms with Crippen LogP contribution in [0.25, 0.3) is 0 Å². The molecule has 0 aromatic heterocycles. The van der Waals surface area contributed by atoms with Crippen molar-refractivity contribution in [1.29, 1.82) is 0 Å². The van der Waals surface area contributed by atoms with Gasteiger partial charge in [-0.3, -0.25) is 0 Å². The molecule has 0 radical (unpaired) electrons. The number of amides is 2. The third-order valence-electron chi connectivity index (χ3n) is 4.50. The molecule has 2 aliphatic rings. The van der Waals surface area contributed by atoms with Gasteiger partial charge in [-0.15, -0.1) is 0 Å². The van der Waals surface area contributed by atoms with Crippen molar-refractivity contribution in [3.8, 4) is 0 Å². The number of piperidine rings is 1. The summed E-state index contributed by atoms with van der Waals surface area (Å²) in [7, 11) is 0. The van der Waals surface area contributed by atoms with Crippen LogP contribution in [0.5, 0.6) is 0 Å². The van der Waals surface area contributed by atoms with E-state index < -0.39 is 0 Å². The molecule has 1 aliphatic heterocycles. The largest absolute Gasteiger partial charge is 0.351 e. The molecule has 1 atom stereocenters. The minimum Gasteiger partial charge on any atom is -0.351 e. The lowest BCUT2D eigenvalue weighted by Gasteiger charge is -2.33. The molecule has 1 fully saturated rings.